The highest BCUT2D eigenvalue weighted by Gasteiger charge is 2.52. The number of fused-ring (bicyclic) bond motifs is 1. The molecule has 0 bridgehead atoms. The highest BCUT2D eigenvalue weighted by Crippen LogP contribution is 2.36. The highest BCUT2D eigenvalue weighted by atomic mass is 16.7. The van der Waals surface area contributed by atoms with Gasteiger partial charge in [0.15, 0.2) is 0 Å². The molecule has 1 aliphatic heterocycles. The Hall–Kier alpha value is -1.44. The molecule has 1 N–H and O–H groups in total. The van der Waals surface area contributed by atoms with Gasteiger partial charge in [0.05, 0.1) is 42.3 Å². The van der Waals surface area contributed by atoms with Crippen molar-refractivity contribution in [3.05, 3.63) is 18.6 Å². The summed E-state index contributed by atoms with van der Waals surface area (Å²) >= 11 is 0. The summed E-state index contributed by atoms with van der Waals surface area (Å²) < 4.78 is 13.9. The van der Waals surface area contributed by atoms with Crippen LogP contribution >= 0.6 is 0 Å². The molecule has 6 nitrogen and oxygen atoms in total. The van der Waals surface area contributed by atoms with Gasteiger partial charge in [-0.3, -0.25) is 9.67 Å². The minimum atomic E-state index is -0.460. The number of nitrogens with zero attached hydrogens (tertiary/aromatic N) is 3. The van der Waals surface area contributed by atoms with E-state index in [1.165, 1.54) is 0 Å². The summed E-state index contributed by atoms with van der Waals surface area (Å²) in [5.74, 6) is 0. The van der Waals surface area contributed by atoms with Crippen LogP contribution < -0.4 is 5.46 Å². The number of aromatic nitrogens is 3. The van der Waals surface area contributed by atoms with Crippen LogP contribution in [-0.2, 0) is 15.9 Å². The number of hydrogen-bond acceptors (Lipinski definition) is 5. The molecule has 1 saturated heterocycles. The van der Waals surface area contributed by atoms with Gasteiger partial charge < -0.3 is 14.4 Å². The summed E-state index contributed by atoms with van der Waals surface area (Å²) in [6, 6.07) is 0. The van der Waals surface area contributed by atoms with Gasteiger partial charge in [-0.2, -0.15) is 5.10 Å². The maximum atomic E-state index is 9.08. The van der Waals surface area contributed by atoms with Crippen molar-refractivity contribution in [2.24, 2.45) is 0 Å². The maximum absolute atomic E-state index is 9.08. The Kier molecular flexibility index (Phi) is 3.31. The van der Waals surface area contributed by atoms with Gasteiger partial charge in [0, 0.05) is 17.0 Å². The van der Waals surface area contributed by atoms with E-state index in [-0.39, 0.29) is 17.8 Å². The monoisotopic (exact) mass is 289 g/mol. The van der Waals surface area contributed by atoms with Crippen LogP contribution in [0, 0.1) is 0 Å². The van der Waals surface area contributed by atoms with E-state index in [2.05, 4.69) is 10.1 Å². The Morgan fingerprint density at radius 1 is 1.14 bits per heavy atom. The molecule has 2 aromatic rings. The van der Waals surface area contributed by atoms with Crippen molar-refractivity contribution in [2.75, 3.05) is 6.61 Å². The minimum absolute atomic E-state index is 0.0392. The standard InChI is InChI=1S/C14H20BN3O3/c1-13(2)14(3,4)21-15(20-13)11-8-16-9-12-10(11)7-17-18(12)5-6-19/h7-9,19H,5-6H2,1-4H3. The summed E-state index contributed by atoms with van der Waals surface area (Å²) in [5.41, 5.74) is 0.966. The van der Waals surface area contributed by atoms with Gasteiger partial charge in [0.25, 0.3) is 0 Å². The molecule has 112 valence electrons. The van der Waals surface area contributed by atoms with E-state index in [1.54, 1.807) is 23.3 Å². The van der Waals surface area contributed by atoms with Crippen LogP contribution in [0.1, 0.15) is 27.7 Å². The number of aliphatic hydroxyl groups excluding tert-OH is 1. The van der Waals surface area contributed by atoms with Crippen molar-refractivity contribution in [1.82, 2.24) is 14.8 Å². The first-order valence-electron chi connectivity index (χ1n) is 7.12. The molecule has 7 heteroatoms. The van der Waals surface area contributed by atoms with Crippen LogP contribution in [0.15, 0.2) is 18.6 Å². The fourth-order valence-corrected chi connectivity index (χ4v) is 2.44. The fraction of sp³-hybridized carbons (Fsp3) is 0.571. The normalized spacial score (nSPS) is 20.3. The quantitative estimate of drug-likeness (QED) is 0.843. The van der Waals surface area contributed by atoms with Crippen LogP contribution in [0.5, 0.6) is 0 Å². The summed E-state index contributed by atoms with van der Waals surface area (Å²) in [7, 11) is -0.460. The zero-order chi connectivity index (χ0) is 15.3. The lowest BCUT2D eigenvalue weighted by Gasteiger charge is -2.32. The molecule has 3 rings (SSSR count). The van der Waals surface area contributed by atoms with E-state index >= 15 is 0 Å². The average Bonchev–Trinajstić information content (AvgIpc) is 2.89. The Balaban J connectivity index is 2.03. The van der Waals surface area contributed by atoms with Crippen LogP contribution in [0.4, 0.5) is 0 Å². The largest absolute Gasteiger partial charge is 0.497 e. The van der Waals surface area contributed by atoms with Crippen LogP contribution in [0.2, 0.25) is 0 Å². The van der Waals surface area contributed by atoms with Crippen molar-refractivity contribution in [2.45, 2.75) is 45.4 Å². The fourth-order valence-electron chi connectivity index (χ4n) is 2.44. The predicted octanol–water partition coefficient (Wildman–Crippen LogP) is 0.723. The Morgan fingerprint density at radius 3 is 2.43 bits per heavy atom. The van der Waals surface area contributed by atoms with E-state index in [0.29, 0.717) is 6.54 Å². The van der Waals surface area contributed by atoms with E-state index in [0.717, 1.165) is 16.4 Å². The number of hydrogen-bond donors (Lipinski definition) is 1. The first-order chi connectivity index (χ1) is 9.86. The lowest BCUT2D eigenvalue weighted by Crippen LogP contribution is -2.41. The van der Waals surface area contributed by atoms with Gasteiger partial charge in [-0.05, 0) is 27.7 Å². The number of rotatable bonds is 3. The first kappa shape index (κ1) is 14.5. The molecule has 0 amide bonds. The smallest absolute Gasteiger partial charge is 0.399 e. The van der Waals surface area contributed by atoms with Gasteiger partial charge in [0.1, 0.15) is 0 Å². The molecule has 21 heavy (non-hydrogen) atoms. The molecule has 0 spiro atoms. The minimum Gasteiger partial charge on any atom is -0.399 e. The van der Waals surface area contributed by atoms with Gasteiger partial charge >= 0.3 is 7.12 Å². The predicted molar refractivity (Wildman–Crippen MR) is 80.3 cm³/mol. The second-order valence-corrected chi connectivity index (χ2v) is 6.34. The summed E-state index contributed by atoms with van der Waals surface area (Å²) in [6.07, 6.45) is 5.27. The molecule has 0 saturated carbocycles. The lowest BCUT2D eigenvalue weighted by molar-refractivity contribution is 0.00578. The van der Waals surface area contributed by atoms with E-state index in [4.69, 9.17) is 14.4 Å². The van der Waals surface area contributed by atoms with E-state index < -0.39 is 7.12 Å². The zero-order valence-corrected chi connectivity index (χ0v) is 12.8. The van der Waals surface area contributed by atoms with Crippen molar-refractivity contribution in [3.63, 3.8) is 0 Å². The second kappa shape index (κ2) is 4.79. The van der Waals surface area contributed by atoms with E-state index in [1.807, 2.05) is 27.7 Å². The number of aliphatic hydroxyl groups is 1. The van der Waals surface area contributed by atoms with Crippen LogP contribution in [0.3, 0.4) is 0 Å². The maximum Gasteiger partial charge on any atom is 0.497 e. The molecular formula is C14H20BN3O3. The van der Waals surface area contributed by atoms with Gasteiger partial charge in [-0.15, -0.1) is 0 Å². The molecule has 0 radical (unpaired) electrons. The molecule has 0 aliphatic carbocycles. The third kappa shape index (κ3) is 2.25. The Bertz CT molecular complexity index is 653. The van der Waals surface area contributed by atoms with Gasteiger partial charge in [0.2, 0.25) is 0 Å². The highest BCUT2D eigenvalue weighted by molar-refractivity contribution is 6.65. The second-order valence-electron chi connectivity index (χ2n) is 6.34. The lowest BCUT2D eigenvalue weighted by atomic mass is 9.78. The summed E-state index contributed by atoms with van der Waals surface area (Å²) in [6.45, 7) is 8.58. The third-order valence-electron chi connectivity index (χ3n) is 4.42. The van der Waals surface area contributed by atoms with Crippen molar-refractivity contribution < 1.29 is 14.4 Å². The van der Waals surface area contributed by atoms with Gasteiger partial charge in [-0.1, -0.05) is 0 Å². The average molecular weight is 289 g/mol. The molecule has 0 atom stereocenters. The zero-order valence-electron chi connectivity index (χ0n) is 12.8. The molecular weight excluding hydrogens is 269 g/mol. The number of pyridine rings is 1. The van der Waals surface area contributed by atoms with Crippen LogP contribution in [0.25, 0.3) is 10.9 Å². The van der Waals surface area contributed by atoms with Gasteiger partial charge in [-0.25, -0.2) is 0 Å². The molecule has 2 aromatic heterocycles. The first-order valence-corrected chi connectivity index (χ1v) is 7.12. The summed E-state index contributed by atoms with van der Waals surface area (Å²) in [4.78, 5) is 4.27. The SMILES string of the molecule is CC1(C)OB(c2cncc3c2cnn3CCO)OC1(C)C. The molecule has 0 aromatic carbocycles. The third-order valence-corrected chi connectivity index (χ3v) is 4.42. The Labute approximate surface area is 124 Å². The van der Waals surface area contributed by atoms with Crippen LogP contribution in [-0.4, -0.2) is 44.8 Å². The topological polar surface area (TPSA) is 69.4 Å². The molecule has 1 fully saturated rings. The van der Waals surface area contributed by atoms with E-state index in [9.17, 15) is 0 Å². The summed E-state index contributed by atoms with van der Waals surface area (Å²) in [5, 5.41) is 14.3. The van der Waals surface area contributed by atoms with Crippen molar-refractivity contribution in [1.29, 1.82) is 0 Å². The molecule has 3 heterocycles. The Morgan fingerprint density at radius 2 is 1.81 bits per heavy atom. The van der Waals surface area contributed by atoms with Crippen molar-refractivity contribution >= 4 is 23.5 Å². The van der Waals surface area contributed by atoms with Crippen molar-refractivity contribution in [3.8, 4) is 0 Å². The molecule has 1 aliphatic rings. The molecule has 0 unspecified atom stereocenters.